The quantitative estimate of drug-likeness (QED) is 0.501. The van der Waals surface area contributed by atoms with E-state index in [0.29, 0.717) is 0 Å². The van der Waals surface area contributed by atoms with Crippen LogP contribution in [0.2, 0.25) is 0 Å². The van der Waals surface area contributed by atoms with Gasteiger partial charge in [-0.1, -0.05) is 30.3 Å². The minimum Gasteiger partial charge on any atom is -0.379 e. The average molecular weight is 309 g/mol. The van der Waals surface area contributed by atoms with Gasteiger partial charge in [-0.05, 0) is 19.7 Å². The standard InChI is InChI=1S/C17H31N3O2/c1-18-8-12-21-14-10-20(11-15-22-13-9-19-2)16-17-6-4-3-5-7-17/h3-7,18-19H,8-16H2,1-2H3. The second-order valence-corrected chi connectivity index (χ2v) is 5.19. The van der Waals surface area contributed by atoms with Crippen LogP contribution >= 0.6 is 0 Å². The highest BCUT2D eigenvalue weighted by atomic mass is 16.5. The lowest BCUT2D eigenvalue weighted by Gasteiger charge is -2.22. The molecule has 126 valence electrons. The summed E-state index contributed by atoms with van der Waals surface area (Å²) in [6.07, 6.45) is 0. The molecule has 2 N–H and O–H groups in total. The summed E-state index contributed by atoms with van der Waals surface area (Å²) in [6.45, 7) is 7.60. The Balaban J connectivity index is 2.29. The number of hydrogen-bond donors (Lipinski definition) is 2. The molecule has 0 aliphatic carbocycles. The first kappa shape index (κ1) is 19.1. The maximum Gasteiger partial charge on any atom is 0.0594 e. The van der Waals surface area contributed by atoms with E-state index in [2.05, 4.69) is 45.9 Å². The molecule has 0 spiro atoms. The van der Waals surface area contributed by atoms with Crippen molar-refractivity contribution in [3.8, 4) is 0 Å². The third-order valence-electron chi connectivity index (χ3n) is 3.35. The van der Waals surface area contributed by atoms with Crippen molar-refractivity contribution >= 4 is 0 Å². The van der Waals surface area contributed by atoms with Gasteiger partial charge in [-0.15, -0.1) is 0 Å². The van der Waals surface area contributed by atoms with Gasteiger partial charge >= 0.3 is 0 Å². The molecule has 0 saturated heterocycles. The summed E-state index contributed by atoms with van der Waals surface area (Å²) in [4.78, 5) is 2.38. The van der Waals surface area contributed by atoms with E-state index >= 15 is 0 Å². The van der Waals surface area contributed by atoms with Gasteiger partial charge in [0.1, 0.15) is 0 Å². The maximum atomic E-state index is 5.63. The lowest BCUT2D eigenvalue weighted by Crippen LogP contribution is -2.31. The Morgan fingerprint density at radius 2 is 1.36 bits per heavy atom. The molecule has 5 heteroatoms. The van der Waals surface area contributed by atoms with E-state index in [-0.39, 0.29) is 0 Å². The molecule has 0 fully saturated rings. The Morgan fingerprint density at radius 3 is 1.86 bits per heavy atom. The highest BCUT2D eigenvalue weighted by molar-refractivity contribution is 5.14. The summed E-state index contributed by atoms with van der Waals surface area (Å²) in [5.41, 5.74) is 1.33. The molecule has 1 aromatic carbocycles. The van der Waals surface area contributed by atoms with E-state index in [4.69, 9.17) is 9.47 Å². The minimum absolute atomic E-state index is 0.755. The smallest absolute Gasteiger partial charge is 0.0594 e. The summed E-state index contributed by atoms with van der Waals surface area (Å²) in [6, 6.07) is 10.5. The molecule has 0 radical (unpaired) electrons. The third-order valence-corrected chi connectivity index (χ3v) is 3.35. The highest BCUT2D eigenvalue weighted by Gasteiger charge is 2.06. The predicted molar refractivity (Wildman–Crippen MR) is 91.2 cm³/mol. The molecule has 1 rings (SSSR count). The van der Waals surface area contributed by atoms with Crippen LogP contribution in [-0.4, -0.2) is 71.6 Å². The molecule has 0 amide bonds. The fourth-order valence-corrected chi connectivity index (χ4v) is 2.05. The monoisotopic (exact) mass is 309 g/mol. The first-order chi connectivity index (χ1) is 10.9. The van der Waals surface area contributed by atoms with E-state index < -0.39 is 0 Å². The van der Waals surface area contributed by atoms with Crippen LogP contribution in [0.5, 0.6) is 0 Å². The summed E-state index contributed by atoms with van der Waals surface area (Å²) in [5.74, 6) is 0. The molecule has 0 heterocycles. The van der Waals surface area contributed by atoms with E-state index in [0.717, 1.165) is 59.2 Å². The van der Waals surface area contributed by atoms with Gasteiger partial charge in [-0.2, -0.15) is 0 Å². The summed E-state index contributed by atoms with van der Waals surface area (Å²) in [5, 5.41) is 6.17. The van der Waals surface area contributed by atoms with Crippen LogP contribution in [0.25, 0.3) is 0 Å². The fourth-order valence-electron chi connectivity index (χ4n) is 2.05. The van der Waals surface area contributed by atoms with Crippen molar-refractivity contribution < 1.29 is 9.47 Å². The van der Waals surface area contributed by atoms with Crippen LogP contribution in [0.1, 0.15) is 5.56 Å². The molecule has 0 bridgehead atoms. The summed E-state index contributed by atoms with van der Waals surface area (Å²) < 4.78 is 11.3. The molecule has 22 heavy (non-hydrogen) atoms. The van der Waals surface area contributed by atoms with Crippen molar-refractivity contribution in [1.29, 1.82) is 0 Å². The number of nitrogens with one attached hydrogen (secondary N) is 2. The number of nitrogens with zero attached hydrogens (tertiary/aromatic N) is 1. The zero-order chi connectivity index (χ0) is 15.9. The largest absolute Gasteiger partial charge is 0.379 e. The van der Waals surface area contributed by atoms with Crippen molar-refractivity contribution in [2.24, 2.45) is 0 Å². The molecule has 0 aromatic heterocycles. The maximum absolute atomic E-state index is 5.63. The first-order valence-electron chi connectivity index (χ1n) is 8.07. The molecule has 1 aromatic rings. The second kappa shape index (κ2) is 13.7. The van der Waals surface area contributed by atoms with Gasteiger partial charge in [0.2, 0.25) is 0 Å². The normalized spacial score (nSPS) is 11.2. The van der Waals surface area contributed by atoms with Crippen LogP contribution < -0.4 is 10.6 Å². The lowest BCUT2D eigenvalue weighted by atomic mass is 10.2. The van der Waals surface area contributed by atoms with E-state index in [1.807, 2.05) is 14.1 Å². The van der Waals surface area contributed by atoms with Crippen LogP contribution in [0, 0.1) is 0 Å². The van der Waals surface area contributed by atoms with Crippen LogP contribution in [-0.2, 0) is 16.0 Å². The van der Waals surface area contributed by atoms with Gasteiger partial charge in [0.05, 0.1) is 26.4 Å². The number of benzene rings is 1. The average Bonchev–Trinajstić information content (AvgIpc) is 2.55. The van der Waals surface area contributed by atoms with E-state index in [9.17, 15) is 0 Å². The van der Waals surface area contributed by atoms with Gasteiger partial charge < -0.3 is 20.1 Å². The topological polar surface area (TPSA) is 45.8 Å². The van der Waals surface area contributed by atoms with Crippen molar-refractivity contribution in [1.82, 2.24) is 15.5 Å². The van der Waals surface area contributed by atoms with Gasteiger partial charge in [0.15, 0.2) is 0 Å². The third kappa shape index (κ3) is 9.87. The van der Waals surface area contributed by atoms with Crippen LogP contribution in [0.15, 0.2) is 30.3 Å². The fraction of sp³-hybridized carbons (Fsp3) is 0.647. The molecule has 0 saturated carbocycles. The Morgan fingerprint density at radius 1 is 0.818 bits per heavy atom. The molecule has 0 unspecified atom stereocenters. The number of rotatable bonds is 14. The second-order valence-electron chi connectivity index (χ2n) is 5.19. The molecular formula is C17H31N3O2. The Labute approximate surface area is 135 Å². The van der Waals surface area contributed by atoms with Crippen LogP contribution in [0.4, 0.5) is 0 Å². The first-order valence-corrected chi connectivity index (χ1v) is 8.07. The zero-order valence-corrected chi connectivity index (χ0v) is 14.0. The highest BCUT2D eigenvalue weighted by Crippen LogP contribution is 2.04. The number of hydrogen-bond acceptors (Lipinski definition) is 5. The van der Waals surface area contributed by atoms with Crippen molar-refractivity contribution in [3.05, 3.63) is 35.9 Å². The molecule has 0 atom stereocenters. The van der Waals surface area contributed by atoms with E-state index in [1.165, 1.54) is 5.56 Å². The van der Waals surface area contributed by atoms with Gasteiger partial charge in [0.25, 0.3) is 0 Å². The number of ether oxygens (including phenoxy) is 2. The Hall–Kier alpha value is -0.980. The van der Waals surface area contributed by atoms with Crippen LogP contribution in [0.3, 0.4) is 0 Å². The Bertz CT molecular complexity index is 335. The predicted octanol–water partition coefficient (Wildman–Crippen LogP) is 0.961. The summed E-state index contributed by atoms with van der Waals surface area (Å²) >= 11 is 0. The molecule has 0 aliphatic rings. The van der Waals surface area contributed by atoms with E-state index in [1.54, 1.807) is 0 Å². The lowest BCUT2D eigenvalue weighted by molar-refractivity contribution is 0.0738. The minimum atomic E-state index is 0.755. The van der Waals surface area contributed by atoms with Crippen molar-refractivity contribution in [3.63, 3.8) is 0 Å². The SMILES string of the molecule is CNCCOCCN(CCOCCNC)Cc1ccccc1. The number of likely N-dealkylation sites (N-methyl/N-ethyl adjacent to an activating group) is 2. The summed E-state index contributed by atoms with van der Waals surface area (Å²) in [7, 11) is 3.88. The van der Waals surface area contributed by atoms with Gasteiger partial charge in [-0.25, -0.2) is 0 Å². The zero-order valence-electron chi connectivity index (χ0n) is 14.0. The van der Waals surface area contributed by atoms with Gasteiger partial charge in [-0.3, -0.25) is 4.90 Å². The van der Waals surface area contributed by atoms with Crippen molar-refractivity contribution in [2.45, 2.75) is 6.54 Å². The molecular weight excluding hydrogens is 278 g/mol. The Kier molecular flexibility index (Phi) is 11.8. The van der Waals surface area contributed by atoms with Gasteiger partial charge in [0, 0.05) is 32.7 Å². The molecule has 0 aliphatic heterocycles. The van der Waals surface area contributed by atoms with Crippen molar-refractivity contribution in [2.75, 3.05) is 66.7 Å². The molecule has 5 nitrogen and oxygen atoms in total.